The van der Waals surface area contributed by atoms with Crippen molar-refractivity contribution in [2.75, 3.05) is 20.3 Å². The molecule has 2 aliphatic rings. The first-order chi connectivity index (χ1) is 9.47. The van der Waals surface area contributed by atoms with E-state index in [9.17, 15) is 0 Å². The number of rotatable bonds is 4. The van der Waals surface area contributed by atoms with Gasteiger partial charge in [-0.2, -0.15) is 5.06 Å². The highest BCUT2D eigenvalue weighted by molar-refractivity contribution is 5.13. The second kappa shape index (κ2) is 5.46. The molecule has 0 aliphatic carbocycles. The van der Waals surface area contributed by atoms with Crippen LogP contribution in [0.15, 0.2) is 0 Å². The van der Waals surface area contributed by atoms with Crippen LogP contribution in [0.2, 0.25) is 0 Å². The smallest absolute Gasteiger partial charge is 0.135 e. The highest BCUT2D eigenvalue weighted by atomic mass is 16.7. The summed E-state index contributed by atoms with van der Waals surface area (Å²) in [6.45, 7) is 15.7. The van der Waals surface area contributed by atoms with E-state index in [0.717, 1.165) is 0 Å². The van der Waals surface area contributed by atoms with Crippen molar-refractivity contribution in [2.45, 2.75) is 83.5 Å². The molecule has 21 heavy (non-hydrogen) atoms. The van der Waals surface area contributed by atoms with E-state index in [4.69, 9.17) is 19.0 Å². The lowest BCUT2D eigenvalue weighted by Crippen LogP contribution is -2.51. The summed E-state index contributed by atoms with van der Waals surface area (Å²) in [5.41, 5.74) is -0.889. The molecule has 0 saturated carbocycles. The molecule has 2 bridgehead atoms. The average molecular weight is 301 g/mol. The van der Waals surface area contributed by atoms with Crippen LogP contribution in [0.5, 0.6) is 0 Å². The number of morpholine rings is 1. The molecule has 2 rings (SSSR count). The molecule has 124 valence electrons. The molecule has 2 saturated heterocycles. The number of hydroxylamine groups is 2. The fourth-order valence-electron chi connectivity index (χ4n) is 3.19. The Morgan fingerprint density at radius 3 is 2.24 bits per heavy atom. The molecule has 0 aromatic heterocycles. The molecule has 0 aromatic rings. The summed E-state index contributed by atoms with van der Waals surface area (Å²) >= 11 is 0. The quantitative estimate of drug-likeness (QED) is 0.797. The summed E-state index contributed by atoms with van der Waals surface area (Å²) in [4.78, 5) is 5.53. The summed E-state index contributed by atoms with van der Waals surface area (Å²) in [5, 5.41) is 1.98. The van der Waals surface area contributed by atoms with Crippen molar-refractivity contribution in [3.63, 3.8) is 0 Å². The summed E-state index contributed by atoms with van der Waals surface area (Å²) in [6, 6.07) is 0.109. The van der Waals surface area contributed by atoms with Crippen LogP contribution in [0.4, 0.5) is 0 Å². The van der Waals surface area contributed by atoms with Gasteiger partial charge in [0.1, 0.15) is 11.7 Å². The number of ether oxygens (including phenoxy) is 3. The zero-order valence-corrected chi connectivity index (χ0v) is 14.7. The molecule has 0 spiro atoms. The van der Waals surface area contributed by atoms with Crippen LogP contribution >= 0.6 is 0 Å². The Balaban J connectivity index is 2.22. The standard InChI is InChI=1S/C16H31NO4/c1-11-12-13(21-15(5,6)7)16(20-11,9-17(12)18-8)10-19-14(2,3)4/h11-13H,9-10H2,1-8H3/t11-,12?,13+,16-/m0/s1. The Bertz CT molecular complexity index is 373. The summed E-state index contributed by atoms with van der Waals surface area (Å²) in [6.07, 6.45) is 0.0180. The van der Waals surface area contributed by atoms with Crippen molar-refractivity contribution in [1.82, 2.24) is 5.06 Å². The molecule has 5 nitrogen and oxygen atoms in total. The van der Waals surface area contributed by atoms with E-state index in [2.05, 4.69) is 48.5 Å². The topological polar surface area (TPSA) is 40.2 Å². The molecule has 0 radical (unpaired) electrons. The predicted molar refractivity (Wildman–Crippen MR) is 81.1 cm³/mol. The Morgan fingerprint density at radius 1 is 1.14 bits per heavy atom. The van der Waals surface area contributed by atoms with Gasteiger partial charge in [0.15, 0.2) is 0 Å². The van der Waals surface area contributed by atoms with Gasteiger partial charge in [-0.05, 0) is 48.5 Å². The van der Waals surface area contributed by atoms with Gasteiger partial charge in [0.2, 0.25) is 0 Å². The van der Waals surface area contributed by atoms with Gasteiger partial charge in [0.05, 0.1) is 43.6 Å². The van der Waals surface area contributed by atoms with Crippen molar-refractivity contribution >= 4 is 0 Å². The van der Waals surface area contributed by atoms with Crippen LogP contribution in [0.1, 0.15) is 48.5 Å². The number of hydrogen-bond donors (Lipinski definition) is 0. The van der Waals surface area contributed by atoms with Crippen LogP contribution < -0.4 is 0 Å². The van der Waals surface area contributed by atoms with E-state index in [1.165, 1.54) is 0 Å². The summed E-state index contributed by atoms with van der Waals surface area (Å²) < 4.78 is 18.6. The second-order valence-electron chi connectivity index (χ2n) is 8.19. The van der Waals surface area contributed by atoms with E-state index in [0.29, 0.717) is 13.2 Å². The van der Waals surface area contributed by atoms with Crippen molar-refractivity contribution in [2.24, 2.45) is 0 Å². The fraction of sp³-hybridized carbons (Fsp3) is 1.00. The maximum Gasteiger partial charge on any atom is 0.135 e. The Morgan fingerprint density at radius 2 is 1.76 bits per heavy atom. The highest BCUT2D eigenvalue weighted by Gasteiger charge is 2.64. The van der Waals surface area contributed by atoms with E-state index < -0.39 is 5.60 Å². The van der Waals surface area contributed by atoms with E-state index >= 15 is 0 Å². The van der Waals surface area contributed by atoms with Gasteiger partial charge in [-0.3, -0.25) is 0 Å². The fourth-order valence-corrected chi connectivity index (χ4v) is 3.19. The van der Waals surface area contributed by atoms with Crippen molar-refractivity contribution in [1.29, 1.82) is 0 Å². The molecule has 0 amide bonds. The monoisotopic (exact) mass is 301 g/mol. The Hall–Kier alpha value is -0.200. The molecular weight excluding hydrogens is 270 g/mol. The summed E-state index contributed by atoms with van der Waals surface area (Å²) in [5.74, 6) is 0. The molecule has 4 atom stereocenters. The predicted octanol–water partition coefficient (Wildman–Crippen LogP) is 2.39. The van der Waals surface area contributed by atoms with Crippen molar-refractivity contribution in [3.05, 3.63) is 0 Å². The maximum atomic E-state index is 6.33. The van der Waals surface area contributed by atoms with Crippen LogP contribution in [-0.2, 0) is 19.0 Å². The molecule has 0 aromatic carbocycles. The van der Waals surface area contributed by atoms with E-state index in [-0.39, 0.29) is 29.5 Å². The van der Waals surface area contributed by atoms with E-state index in [1.807, 2.05) is 5.06 Å². The molecule has 0 N–H and O–H groups in total. The molecule has 2 aliphatic heterocycles. The van der Waals surface area contributed by atoms with Gasteiger partial charge < -0.3 is 19.0 Å². The normalized spacial score (nSPS) is 37.4. The first kappa shape index (κ1) is 17.2. The Kier molecular flexibility index (Phi) is 4.46. The highest BCUT2D eigenvalue weighted by Crippen LogP contribution is 2.45. The number of nitrogens with zero attached hydrogens (tertiary/aromatic N) is 1. The van der Waals surface area contributed by atoms with Crippen LogP contribution in [0.25, 0.3) is 0 Å². The van der Waals surface area contributed by atoms with Crippen LogP contribution in [-0.4, -0.2) is 60.4 Å². The maximum absolute atomic E-state index is 6.33. The number of fused-ring (bicyclic) bond motifs is 2. The third-order valence-corrected chi connectivity index (χ3v) is 3.95. The van der Waals surface area contributed by atoms with Crippen molar-refractivity contribution < 1.29 is 19.0 Å². The van der Waals surface area contributed by atoms with Gasteiger partial charge in [0.25, 0.3) is 0 Å². The first-order valence-electron chi connectivity index (χ1n) is 7.78. The summed E-state index contributed by atoms with van der Waals surface area (Å²) in [7, 11) is 1.71. The minimum absolute atomic E-state index is 0.0465. The average Bonchev–Trinajstić information content (AvgIpc) is 2.72. The molecular formula is C16H31NO4. The van der Waals surface area contributed by atoms with Crippen molar-refractivity contribution in [3.8, 4) is 0 Å². The van der Waals surface area contributed by atoms with Gasteiger partial charge in [0, 0.05) is 0 Å². The van der Waals surface area contributed by atoms with Gasteiger partial charge in [-0.25, -0.2) is 0 Å². The zero-order chi connectivity index (χ0) is 16.1. The minimum atomic E-state index is -0.458. The number of hydrogen-bond acceptors (Lipinski definition) is 5. The minimum Gasteiger partial charge on any atom is -0.373 e. The van der Waals surface area contributed by atoms with Crippen LogP contribution in [0, 0.1) is 0 Å². The molecule has 1 unspecified atom stereocenters. The Labute approximate surface area is 128 Å². The molecule has 2 heterocycles. The molecule has 2 fully saturated rings. The first-order valence-corrected chi connectivity index (χ1v) is 7.78. The lowest BCUT2D eigenvalue weighted by molar-refractivity contribution is -0.228. The lowest BCUT2D eigenvalue weighted by Gasteiger charge is -2.37. The van der Waals surface area contributed by atoms with Gasteiger partial charge in [-0.1, -0.05) is 0 Å². The third kappa shape index (κ3) is 3.59. The second-order valence-corrected chi connectivity index (χ2v) is 8.19. The van der Waals surface area contributed by atoms with Crippen LogP contribution in [0.3, 0.4) is 0 Å². The van der Waals surface area contributed by atoms with Gasteiger partial charge in [-0.15, -0.1) is 0 Å². The third-order valence-electron chi connectivity index (χ3n) is 3.95. The lowest BCUT2D eigenvalue weighted by atomic mass is 9.97. The van der Waals surface area contributed by atoms with Gasteiger partial charge >= 0.3 is 0 Å². The largest absolute Gasteiger partial charge is 0.373 e. The SMILES string of the molecule is CON1C[C@@]2(COC(C)(C)C)O[C@@H](C)C1[C@H]2OC(C)(C)C. The molecule has 5 heteroatoms. The zero-order valence-electron chi connectivity index (χ0n) is 14.7. The van der Waals surface area contributed by atoms with E-state index in [1.54, 1.807) is 7.11 Å².